The maximum atomic E-state index is 5.42. The first-order chi connectivity index (χ1) is 8.38. The van der Waals surface area contributed by atoms with Gasteiger partial charge in [0, 0.05) is 12.6 Å². The normalized spacial score (nSPS) is 27.9. The lowest BCUT2D eigenvalue weighted by Gasteiger charge is -2.38. The maximum absolute atomic E-state index is 5.42. The molecule has 4 nitrogen and oxygen atoms in total. The molecule has 2 aliphatic rings. The number of anilines is 2. The molecule has 0 aromatic carbocycles. The largest absolute Gasteiger partial charge is 0.353 e. The van der Waals surface area contributed by atoms with Gasteiger partial charge in [0.2, 0.25) is 0 Å². The van der Waals surface area contributed by atoms with Gasteiger partial charge in [0.1, 0.15) is 11.6 Å². The van der Waals surface area contributed by atoms with Crippen LogP contribution in [0.15, 0.2) is 18.2 Å². The van der Waals surface area contributed by atoms with Crippen LogP contribution >= 0.6 is 0 Å². The third kappa shape index (κ3) is 1.97. The predicted octanol–water partition coefficient (Wildman–Crippen LogP) is 2.14. The molecule has 3 N–H and O–H groups in total. The molecule has 0 spiro atoms. The number of nitrogen functional groups attached to an aromatic ring is 1. The summed E-state index contributed by atoms with van der Waals surface area (Å²) in [5, 5.41) is 0. The number of nitrogens with one attached hydrogen (secondary N) is 1. The number of aromatic nitrogens is 1. The molecule has 17 heavy (non-hydrogen) atoms. The van der Waals surface area contributed by atoms with Crippen molar-refractivity contribution in [3.63, 3.8) is 0 Å². The molecule has 1 saturated heterocycles. The van der Waals surface area contributed by atoms with Crippen LogP contribution in [-0.4, -0.2) is 17.6 Å². The SMILES string of the molecule is NNc1cccc(N2CCCC3CCCC32)n1. The van der Waals surface area contributed by atoms with E-state index in [1.807, 2.05) is 12.1 Å². The van der Waals surface area contributed by atoms with Gasteiger partial charge in [0.25, 0.3) is 0 Å². The molecule has 2 fully saturated rings. The number of hydrogen-bond donors (Lipinski definition) is 2. The average molecular weight is 232 g/mol. The van der Waals surface area contributed by atoms with Crippen molar-refractivity contribution in [2.75, 3.05) is 16.9 Å². The van der Waals surface area contributed by atoms with Gasteiger partial charge in [-0.2, -0.15) is 0 Å². The number of fused-ring (bicyclic) bond motifs is 1. The monoisotopic (exact) mass is 232 g/mol. The number of hydrazine groups is 1. The minimum atomic E-state index is 0.712. The third-order valence-electron chi connectivity index (χ3n) is 4.17. The van der Waals surface area contributed by atoms with Crippen molar-refractivity contribution in [1.29, 1.82) is 0 Å². The molecule has 1 saturated carbocycles. The Morgan fingerprint density at radius 2 is 2.12 bits per heavy atom. The number of nitrogens with two attached hydrogens (primary N) is 1. The van der Waals surface area contributed by atoms with Gasteiger partial charge < -0.3 is 10.3 Å². The Morgan fingerprint density at radius 1 is 1.24 bits per heavy atom. The first kappa shape index (κ1) is 10.8. The Hall–Kier alpha value is -1.29. The highest BCUT2D eigenvalue weighted by molar-refractivity contribution is 5.47. The molecule has 1 aromatic rings. The number of rotatable bonds is 2. The number of piperidine rings is 1. The van der Waals surface area contributed by atoms with Gasteiger partial charge in [-0.25, -0.2) is 10.8 Å². The molecule has 0 amide bonds. The molecule has 92 valence electrons. The minimum Gasteiger partial charge on any atom is -0.353 e. The number of nitrogens with zero attached hydrogens (tertiary/aromatic N) is 2. The Labute approximate surface area is 102 Å². The van der Waals surface area contributed by atoms with Gasteiger partial charge in [0.05, 0.1) is 0 Å². The van der Waals surface area contributed by atoms with Crippen molar-refractivity contribution in [3.8, 4) is 0 Å². The Balaban J connectivity index is 1.86. The summed E-state index contributed by atoms with van der Waals surface area (Å²) in [5.41, 5.74) is 2.63. The lowest BCUT2D eigenvalue weighted by atomic mass is 9.92. The summed E-state index contributed by atoms with van der Waals surface area (Å²) in [6.07, 6.45) is 6.79. The Morgan fingerprint density at radius 3 is 3.00 bits per heavy atom. The summed E-state index contributed by atoms with van der Waals surface area (Å²) in [6, 6.07) is 6.74. The summed E-state index contributed by atoms with van der Waals surface area (Å²) in [4.78, 5) is 7.05. The molecule has 3 rings (SSSR count). The van der Waals surface area contributed by atoms with E-state index in [2.05, 4.69) is 21.4 Å². The predicted molar refractivity (Wildman–Crippen MR) is 69.8 cm³/mol. The molecule has 4 heteroatoms. The molecule has 1 aliphatic carbocycles. The summed E-state index contributed by atoms with van der Waals surface area (Å²) >= 11 is 0. The molecular weight excluding hydrogens is 212 g/mol. The van der Waals surface area contributed by atoms with E-state index in [9.17, 15) is 0 Å². The molecule has 2 heterocycles. The van der Waals surface area contributed by atoms with E-state index in [4.69, 9.17) is 5.84 Å². The first-order valence-electron chi connectivity index (χ1n) is 6.59. The van der Waals surface area contributed by atoms with E-state index in [0.717, 1.165) is 24.1 Å². The summed E-state index contributed by atoms with van der Waals surface area (Å²) in [5.74, 6) is 8.15. The zero-order chi connectivity index (χ0) is 11.7. The quantitative estimate of drug-likeness (QED) is 0.606. The molecule has 2 unspecified atom stereocenters. The maximum Gasteiger partial charge on any atom is 0.142 e. The van der Waals surface area contributed by atoms with Crippen LogP contribution in [-0.2, 0) is 0 Å². The standard InChI is InChI=1S/C13H20N4/c14-16-12-7-2-8-13(15-12)17-9-3-5-10-4-1-6-11(10)17/h2,7-8,10-11H,1,3-6,9,14H2,(H,15,16). The fourth-order valence-electron chi connectivity index (χ4n) is 3.40. The van der Waals surface area contributed by atoms with Crippen LogP contribution in [0, 0.1) is 5.92 Å². The molecule has 0 bridgehead atoms. The summed E-state index contributed by atoms with van der Waals surface area (Å²) in [7, 11) is 0. The van der Waals surface area contributed by atoms with E-state index in [1.165, 1.54) is 32.1 Å². The van der Waals surface area contributed by atoms with Crippen LogP contribution in [0.2, 0.25) is 0 Å². The van der Waals surface area contributed by atoms with Crippen molar-refractivity contribution >= 4 is 11.6 Å². The van der Waals surface area contributed by atoms with Gasteiger partial charge in [-0.05, 0) is 43.7 Å². The lowest BCUT2D eigenvalue weighted by Crippen LogP contribution is -2.43. The van der Waals surface area contributed by atoms with Gasteiger partial charge >= 0.3 is 0 Å². The van der Waals surface area contributed by atoms with E-state index in [0.29, 0.717) is 6.04 Å². The third-order valence-corrected chi connectivity index (χ3v) is 4.17. The highest BCUT2D eigenvalue weighted by atomic mass is 15.3. The molecule has 1 aliphatic heterocycles. The Kier molecular flexibility index (Phi) is 2.89. The zero-order valence-electron chi connectivity index (χ0n) is 10.1. The van der Waals surface area contributed by atoms with E-state index >= 15 is 0 Å². The van der Waals surface area contributed by atoms with Gasteiger partial charge in [0.15, 0.2) is 0 Å². The highest BCUT2D eigenvalue weighted by Gasteiger charge is 2.35. The van der Waals surface area contributed by atoms with E-state index < -0.39 is 0 Å². The van der Waals surface area contributed by atoms with E-state index in [-0.39, 0.29) is 0 Å². The number of pyridine rings is 1. The fraction of sp³-hybridized carbons (Fsp3) is 0.615. The zero-order valence-corrected chi connectivity index (χ0v) is 10.1. The average Bonchev–Trinajstić information content (AvgIpc) is 2.87. The smallest absolute Gasteiger partial charge is 0.142 e. The van der Waals surface area contributed by atoms with Crippen molar-refractivity contribution in [1.82, 2.24) is 4.98 Å². The van der Waals surface area contributed by atoms with Crippen LogP contribution < -0.4 is 16.2 Å². The van der Waals surface area contributed by atoms with Crippen LogP contribution in [0.3, 0.4) is 0 Å². The second-order valence-corrected chi connectivity index (χ2v) is 5.12. The summed E-state index contributed by atoms with van der Waals surface area (Å²) < 4.78 is 0. The highest BCUT2D eigenvalue weighted by Crippen LogP contribution is 2.38. The van der Waals surface area contributed by atoms with Crippen molar-refractivity contribution in [3.05, 3.63) is 18.2 Å². The van der Waals surface area contributed by atoms with Crippen LogP contribution in [0.5, 0.6) is 0 Å². The molecule has 2 atom stereocenters. The molecule has 0 radical (unpaired) electrons. The van der Waals surface area contributed by atoms with Crippen LogP contribution in [0.4, 0.5) is 11.6 Å². The van der Waals surface area contributed by atoms with Crippen LogP contribution in [0.25, 0.3) is 0 Å². The molecule has 1 aromatic heterocycles. The van der Waals surface area contributed by atoms with E-state index in [1.54, 1.807) is 0 Å². The second-order valence-electron chi connectivity index (χ2n) is 5.12. The van der Waals surface area contributed by atoms with Crippen molar-refractivity contribution in [2.45, 2.75) is 38.1 Å². The van der Waals surface area contributed by atoms with Crippen molar-refractivity contribution in [2.24, 2.45) is 11.8 Å². The minimum absolute atomic E-state index is 0.712. The van der Waals surface area contributed by atoms with Gasteiger partial charge in [-0.1, -0.05) is 12.5 Å². The fourth-order valence-corrected chi connectivity index (χ4v) is 3.40. The van der Waals surface area contributed by atoms with Gasteiger partial charge in [-0.3, -0.25) is 0 Å². The lowest BCUT2D eigenvalue weighted by molar-refractivity contribution is 0.360. The summed E-state index contributed by atoms with van der Waals surface area (Å²) in [6.45, 7) is 1.14. The number of hydrogen-bond acceptors (Lipinski definition) is 4. The molecular formula is C13H20N4. The second kappa shape index (κ2) is 4.53. The van der Waals surface area contributed by atoms with Gasteiger partial charge in [-0.15, -0.1) is 0 Å². The van der Waals surface area contributed by atoms with Crippen LogP contribution in [0.1, 0.15) is 32.1 Å². The first-order valence-corrected chi connectivity index (χ1v) is 6.59. The Bertz CT molecular complexity index is 393. The topological polar surface area (TPSA) is 54.2 Å². The van der Waals surface area contributed by atoms with Crippen molar-refractivity contribution < 1.29 is 0 Å².